The molecule has 1 heterocycles. The number of rotatable bonds is 2. The first-order valence-electron chi connectivity index (χ1n) is 7.38. The fourth-order valence-electron chi connectivity index (χ4n) is 3.37. The molecule has 18 heavy (non-hydrogen) atoms. The van der Waals surface area contributed by atoms with E-state index in [1.54, 1.807) is 5.06 Å². The van der Waals surface area contributed by atoms with Gasteiger partial charge in [0.2, 0.25) is 0 Å². The van der Waals surface area contributed by atoms with Gasteiger partial charge in [0.05, 0.1) is 0 Å². The van der Waals surface area contributed by atoms with Crippen molar-refractivity contribution < 1.29 is 5.21 Å². The van der Waals surface area contributed by atoms with Crippen LogP contribution in [0.2, 0.25) is 0 Å². The Bertz CT molecular complexity index is 250. The van der Waals surface area contributed by atoms with Crippen LogP contribution in [0.15, 0.2) is 0 Å². The van der Waals surface area contributed by atoms with E-state index in [1.807, 2.05) is 0 Å². The highest BCUT2D eigenvalue weighted by Crippen LogP contribution is 2.34. The van der Waals surface area contributed by atoms with Crippen LogP contribution in [-0.4, -0.2) is 41.6 Å². The molecule has 3 N–H and O–H groups in total. The lowest BCUT2D eigenvalue weighted by Gasteiger charge is -2.42. The summed E-state index contributed by atoms with van der Waals surface area (Å²) >= 11 is 0. The quantitative estimate of drug-likeness (QED) is 0.659. The molecule has 0 aromatic rings. The van der Waals surface area contributed by atoms with Crippen molar-refractivity contribution in [3.05, 3.63) is 0 Å². The van der Waals surface area contributed by atoms with Gasteiger partial charge in [0.25, 0.3) is 0 Å². The molecule has 1 saturated heterocycles. The van der Waals surface area contributed by atoms with Crippen molar-refractivity contribution in [1.29, 1.82) is 0 Å². The smallest absolute Gasteiger partial charge is 0.0454 e. The Morgan fingerprint density at radius 2 is 1.50 bits per heavy atom. The molecule has 2 fully saturated rings. The van der Waals surface area contributed by atoms with Gasteiger partial charge in [-0.05, 0) is 58.3 Å². The van der Waals surface area contributed by atoms with Gasteiger partial charge in [0.15, 0.2) is 0 Å². The van der Waals surface area contributed by atoms with Crippen molar-refractivity contribution in [1.82, 2.24) is 15.7 Å². The standard InChI is InChI=1S/C14H29N3O/c1-14(2,3)17(18)13-6-4-11(5-7-13)12-8-15-10-16-9-12/h11-13,15-16,18H,4-10H2,1-3H3. The number of hydroxylamine groups is 2. The van der Waals surface area contributed by atoms with E-state index in [0.717, 1.165) is 44.4 Å². The molecule has 2 aliphatic rings. The Morgan fingerprint density at radius 1 is 0.944 bits per heavy atom. The van der Waals surface area contributed by atoms with Crippen LogP contribution in [0.25, 0.3) is 0 Å². The van der Waals surface area contributed by atoms with Gasteiger partial charge in [-0.2, -0.15) is 5.06 Å². The second-order valence-corrected chi connectivity index (χ2v) is 6.93. The molecule has 4 heteroatoms. The third kappa shape index (κ3) is 3.44. The summed E-state index contributed by atoms with van der Waals surface area (Å²) in [6, 6.07) is 0.353. The van der Waals surface area contributed by atoms with Crippen LogP contribution in [0.1, 0.15) is 46.5 Å². The SMILES string of the molecule is CC(C)(C)N(O)C1CCC(C2CNCNC2)CC1. The molecule has 1 aliphatic heterocycles. The molecule has 0 radical (unpaired) electrons. The molecule has 2 rings (SSSR count). The molecule has 0 spiro atoms. The Hall–Kier alpha value is -0.160. The maximum absolute atomic E-state index is 10.2. The molecule has 1 saturated carbocycles. The number of nitrogens with one attached hydrogen (secondary N) is 2. The highest BCUT2D eigenvalue weighted by molar-refractivity contribution is 4.86. The van der Waals surface area contributed by atoms with E-state index in [-0.39, 0.29) is 5.54 Å². The minimum atomic E-state index is -0.133. The summed E-state index contributed by atoms with van der Waals surface area (Å²) in [5, 5.41) is 18.6. The van der Waals surface area contributed by atoms with Crippen LogP contribution in [0.5, 0.6) is 0 Å². The zero-order valence-electron chi connectivity index (χ0n) is 12.1. The topological polar surface area (TPSA) is 47.5 Å². The third-order valence-corrected chi connectivity index (χ3v) is 4.50. The van der Waals surface area contributed by atoms with E-state index in [9.17, 15) is 5.21 Å². The lowest BCUT2D eigenvalue weighted by molar-refractivity contribution is -0.195. The van der Waals surface area contributed by atoms with Crippen molar-refractivity contribution >= 4 is 0 Å². The van der Waals surface area contributed by atoms with Gasteiger partial charge in [-0.15, -0.1) is 0 Å². The van der Waals surface area contributed by atoms with Crippen LogP contribution in [0.3, 0.4) is 0 Å². The van der Waals surface area contributed by atoms with Crippen LogP contribution < -0.4 is 10.6 Å². The highest BCUT2D eigenvalue weighted by atomic mass is 16.5. The summed E-state index contributed by atoms with van der Waals surface area (Å²) in [6.45, 7) is 9.51. The molecule has 0 atom stereocenters. The average Bonchev–Trinajstić information content (AvgIpc) is 2.38. The molecule has 0 bridgehead atoms. The molecular weight excluding hydrogens is 226 g/mol. The highest BCUT2D eigenvalue weighted by Gasteiger charge is 2.34. The predicted octanol–water partition coefficient (Wildman–Crippen LogP) is 1.80. The monoisotopic (exact) mass is 255 g/mol. The summed E-state index contributed by atoms with van der Waals surface area (Å²) in [4.78, 5) is 0. The van der Waals surface area contributed by atoms with Gasteiger partial charge in [-0.1, -0.05) is 0 Å². The Balaban J connectivity index is 1.80. The Morgan fingerprint density at radius 3 is 2.00 bits per heavy atom. The van der Waals surface area contributed by atoms with Gasteiger partial charge < -0.3 is 15.8 Å². The van der Waals surface area contributed by atoms with E-state index in [4.69, 9.17) is 0 Å². The van der Waals surface area contributed by atoms with Crippen LogP contribution in [-0.2, 0) is 0 Å². The van der Waals surface area contributed by atoms with Crippen molar-refractivity contribution in [2.24, 2.45) is 11.8 Å². The van der Waals surface area contributed by atoms with E-state index >= 15 is 0 Å². The lowest BCUT2D eigenvalue weighted by Crippen LogP contribution is -2.50. The zero-order valence-corrected chi connectivity index (χ0v) is 12.1. The summed E-state index contributed by atoms with van der Waals surface area (Å²) in [6.07, 6.45) is 4.78. The third-order valence-electron chi connectivity index (χ3n) is 4.50. The first-order valence-corrected chi connectivity index (χ1v) is 7.38. The summed E-state index contributed by atoms with van der Waals surface area (Å²) < 4.78 is 0. The zero-order chi connectivity index (χ0) is 13.2. The van der Waals surface area contributed by atoms with E-state index in [2.05, 4.69) is 31.4 Å². The largest absolute Gasteiger partial charge is 0.313 e. The Labute approximate surface area is 111 Å². The van der Waals surface area contributed by atoms with Crippen molar-refractivity contribution in [3.63, 3.8) is 0 Å². The fourth-order valence-corrected chi connectivity index (χ4v) is 3.37. The average molecular weight is 255 g/mol. The van der Waals surface area contributed by atoms with E-state index < -0.39 is 0 Å². The fraction of sp³-hybridized carbons (Fsp3) is 1.00. The number of nitrogens with zero attached hydrogens (tertiary/aromatic N) is 1. The van der Waals surface area contributed by atoms with Crippen LogP contribution in [0, 0.1) is 11.8 Å². The predicted molar refractivity (Wildman–Crippen MR) is 73.5 cm³/mol. The summed E-state index contributed by atoms with van der Waals surface area (Å²) in [5.41, 5.74) is -0.133. The van der Waals surface area contributed by atoms with Crippen molar-refractivity contribution in [2.75, 3.05) is 19.8 Å². The van der Waals surface area contributed by atoms with Gasteiger partial charge in [0, 0.05) is 31.3 Å². The molecule has 0 unspecified atom stereocenters. The summed E-state index contributed by atoms with van der Waals surface area (Å²) in [5.74, 6) is 1.61. The molecule has 1 aliphatic carbocycles. The second-order valence-electron chi connectivity index (χ2n) is 6.93. The molecule has 0 aromatic heterocycles. The van der Waals surface area contributed by atoms with E-state index in [0.29, 0.717) is 6.04 Å². The normalized spacial score (nSPS) is 31.8. The maximum atomic E-state index is 10.2. The second kappa shape index (κ2) is 5.87. The minimum absolute atomic E-state index is 0.133. The first kappa shape index (κ1) is 14.3. The van der Waals surface area contributed by atoms with Crippen molar-refractivity contribution in [3.8, 4) is 0 Å². The van der Waals surface area contributed by atoms with Crippen LogP contribution >= 0.6 is 0 Å². The molecule has 0 amide bonds. The first-order chi connectivity index (χ1) is 8.48. The van der Waals surface area contributed by atoms with Gasteiger partial charge >= 0.3 is 0 Å². The minimum Gasteiger partial charge on any atom is -0.313 e. The number of hydrogen-bond acceptors (Lipinski definition) is 4. The van der Waals surface area contributed by atoms with Gasteiger partial charge in [-0.25, -0.2) is 0 Å². The molecule has 0 aromatic carbocycles. The molecule has 106 valence electrons. The van der Waals surface area contributed by atoms with Gasteiger partial charge in [-0.3, -0.25) is 0 Å². The maximum Gasteiger partial charge on any atom is 0.0454 e. The summed E-state index contributed by atoms with van der Waals surface area (Å²) in [7, 11) is 0. The van der Waals surface area contributed by atoms with E-state index in [1.165, 1.54) is 12.8 Å². The number of hydrogen-bond donors (Lipinski definition) is 3. The lowest BCUT2D eigenvalue weighted by atomic mass is 9.77. The van der Waals surface area contributed by atoms with Crippen molar-refractivity contribution in [2.45, 2.75) is 58.0 Å². The Kier molecular flexibility index (Phi) is 4.64. The van der Waals surface area contributed by atoms with Gasteiger partial charge in [0.1, 0.15) is 0 Å². The van der Waals surface area contributed by atoms with Crippen LogP contribution in [0.4, 0.5) is 0 Å². The molecular formula is C14H29N3O. The molecule has 4 nitrogen and oxygen atoms in total.